The molecule has 110 valence electrons. The number of carboxylic acids is 1. The number of carbonyl (C=O) groups is 2. The summed E-state index contributed by atoms with van der Waals surface area (Å²) in [5, 5.41) is 9.24. The number of hydrogen-bond acceptors (Lipinski definition) is 4. The van der Waals surface area contributed by atoms with Crippen molar-refractivity contribution < 1.29 is 19.4 Å². The van der Waals surface area contributed by atoms with Crippen LogP contribution < -0.4 is 5.73 Å². The predicted octanol–water partition coefficient (Wildman–Crippen LogP) is 1.44. The van der Waals surface area contributed by atoms with E-state index in [2.05, 4.69) is 0 Å². The van der Waals surface area contributed by atoms with E-state index in [0.717, 1.165) is 0 Å². The van der Waals surface area contributed by atoms with E-state index in [9.17, 15) is 14.7 Å². The van der Waals surface area contributed by atoms with Crippen molar-refractivity contribution in [3.8, 4) is 0 Å². The molecule has 1 heterocycles. The molecule has 1 rings (SSSR count). The van der Waals surface area contributed by atoms with Gasteiger partial charge in [0.2, 0.25) is 0 Å². The summed E-state index contributed by atoms with van der Waals surface area (Å²) in [4.78, 5) is 24.7. The van der Waals surface area contributed by atoms with Crippen LogP contribution >= 0.6 is 0 Å². The van der Waals surface area contributed by atoms with Gasteiger partial charge in [0.1, 0.15) is 11.1 Å². The molecule has 1 saturated heterocycles. The monoisotopic (exact) mass is 272 g/mol. The number of likely N-dealkylation sites (tertiary alicyclic amines) is 1. The van der Waals surface area contributed by atoms with Gasteiger partial charge >= 0.3 is 12.1 Å². The van der Waals surface area contributed by atoms with Crippen molar-refractivity contribution in [3.05, 3.63) is 0 Å². The molecular formula is C13H24N2O4. The lowest BCUT2D eigenvalue weighted by molar-refractivity contribution is -0.145. The standard InChI is InChI=1S/C13H24N2O4/c1-5-13(14,10(16)17)9-6-7-15(8-9)11(18)19-12(2,3)4/h9H,5-8,14H2,1-4H3,(H,16,17). The molecule has 1 fully saturated rings. The molecule has 6 heteroatoms. The molecule has 1 aliphatic rings. The molecule has 6 nitrogen and oxygen atoms in total. The minimum Gasteiger partial charge on any atom is -0.480 e. The van der Waals surface area contributed by atoms with Crippen LogP contribution in [0.4, 0.5) is 4.79 Å². The third-order valence-electron chi connectivity index (χ3n) is 3.55. The number of carbonyl (C=O) groups excluding carboxylic acids is 1. The number of rotatable bonds is 3. The Hall–Kier alpha value is -1.30. The van der Waals surface area contributed by atoms with Crippen LogP contribution in [0.25, 0.3) is 0 Å². The minimum atomic E-state index is -1.27. The van der Waals surface area contributed by atoms with Crippen molar-refractivity contribution in [3.63, 3.8) is 0 Å². The number of carboxylic acid groups (broad SMARTS) is 1. The van der Waals surface area contributed by atoms with Crippen molar-refractivity contribution in [2.45, 2.75) is 51.7 Å². The van der Waals surface area contributed by atoms with Gasteiger partial charge in [0, 0.05) is 19.0 Å². The minimum absolute atomic E-state index is 0.234. The quantitative estimate of drug-likeness (QED) is 0.810. The highest BCUT2D eigenvalue weighted by atomic mass is 16.6. The van der Waals surface area contributed by atoms with Crippen LogP contribution in [0.2, 0.25) is 0 Å². The van der Waals surface area contributed by atoms with Gasteiger partial charge in [0.05, 0.1) is 0 Å². The highest BCUT2D eigenvalue weighted by Crippen LogP contribution is 2.29. The molecule has 3 N–H and O–H groups in total. The Kier molecular flexibility index (Phi) is 4.45. The van der Waals surface area contributed by atoms with Gasteiger partial charge in [-0.1, -0.05) is 6.92 Å². The molecule has 0 aliphatic carbocycles. The molecule has 1 amide bonds. The van der Waals surface area contributed by atoms with Gasteiger partial charge < -0.3 is 20.5 Å². The molecule has 1 aliphatic heterocycles. The van der Waals surface area contributed by atoms with Crippen molar-refractivity contribution >= 4 is 12.1 Å². The van der Waals surface area contributed by atoms with E-state index in [4.69, 9.17) is 10.5 Å². The van der Waals surface area contributed by atoms with Crippen molar-refractivity contribution in [2.24, 2.45) is 11.7 Å². The third-order valence-corrected chi connectivity index (χ3v) is 3.55. The maximum atomic E-state index is 11.9. The summed E-state index contributed by atoms with van der Waals surface area (Å²) in [6.07, 6.45) is 0.532. The normalized spacial score (nSPS) is 23.0. The second kappa shape index (κ2) is 5.36. The molecule has 2 atom stereocenters. The molecular weight excluding hydrogens is 248 g/mol. The summed E-state index contributed by atoms with van der Waals surface area (Å²) in [7, 11) is 0. The molecule has 0 bridgehead atoms. The maximum absolute atomic E-state index is 11.9. The number of nitrogens with two attached hydrogens (primary N) is 1. The van der Waals surface area contributed by atoms with Crippen LogP contribution in [-0.2, 0) is 9.53 Å². The lowest BCUT2D eigenvalue weighted by atomic mass is 9.82. The average molecular weight is 272 g/mol. The van der Waals surface area contributed by atoms with Crippen LogP contribution in [0.1, 0.15) is 40.5 Å². The second-order valence-corrected chi connectivity index (χ2v) is 6.11. The summed E-state index contributed by atoms with van der Waals surface area (Å²) < 4.78 is 5.28. The SMILES string of the molecule is CCC(N)(C(=O)O)C1CCN(C(=O)OC(C)(C)C)C1. The number of amides is 1. The zero-order valence-electron chi connectivity index (χ0n) is 12.1. The molecule has 19 heavy (non-hydrogen) atoms. The van der Waals surface area contributed by atoms with Gasteiger partial charge in [-0.05, 0) is 33.6 Å². The summed E-state index contributed by atoms with van der Waals surface area (Å²) >= 11 is 0. The van der Waals surface area contributed by atoms with E-state index in [1.165, 1.54) is 4.90 Å². The van der Waals surface area contributed by atoms with Gasteiger partial charge in [-0.2, -0.15) is 0 Å². The Labute approximate surface area is 113 Å². The van der Waals surface area contributed by atoms with Crippen LogP contribution in [0.15, 0.2) is 0 Å². The van der Waals surface area contributed by atoms with Crippen molar-refractivity contribution in [1.29, 1.82) is 0 Å². The number of ether oxygens (including phenoxy) is 1. The number of hydrogen-bond donors (Lipinski definition) is 2. The lowest BCUT2D eigenvalue weighted by Gasteiger charge is -2.30. The van der Waals surface area contributed by atoms with E-state index < -0.39 is 23.2 Å². The summed E-state index contributed by atoms with van der Waals surface area (Å²) in [5.74, 6) is -1.24. The Bertz CT molecular complexity index is 364. The molecule has 0 spiro atoms. The largest absolute Gasteiger partial charge is 0.480 e. The van der Waals surface area contributed by atoms with Crippen LogP contribution in [0, 0.1) is 5.92 Å². The Morgan fingerprint density at radius 1 is 1.42 bits per heavy atom. The Balaban J connectivity index is 2.68. The first-order valence-corrected chi connectivity index (χ1v) is 6.60. The first-order valence-electron chi connectivity index (χ1n) is 6.60. The molecule has 2 unspecified atom stereocenters. The topological polar surface area (TPSA) is 92.9 Å². The van der Waals surface area contributed by atoms with Crippen molar-refractivity contribution in [1.82, 2.24) is 4.90 Å². The number of nitrogens with zero attached hydrogens (tertiary/aromatic N) is 1. The van der Waals surface area contributed by atoms with Crippen molar-refractivity contribution in [2.75, 3.05) is 13.1 Å². The summed E-state index contributed by atoms with van der Waals surface area (Å²) in [6.45, 7) is 7.99. The highest BCUT2D eigenvalue weighted by molar-refractivity contribution is 5.79. The molecule has 0 radical (unpaired) electrons. The van der Waals surface area contributed by atoms with Crippen LogP contribution in [0.5, 0.6) is 0 Å². The van der Waals surface area contributed by atoms with E-state index in [1.54, 1.807) is 27.7 Å². The smallest absolute Gasteiger partial charge is 0.410 e. The predicted molar refractivity (Wildman–Crippen MR) is 70.8 cm³/mol. The van der Waals surface area contributed by atoms with Gasteiger partial charge in [-0.15, -0.1) is 0 Å². The van der Waals surface area contributed by atoms with E-state index in [1.807, 2.05) is 0 Å². The second-order valence-electron chi connectivity index (χ2n) is 6.11. The van der Waals surface area contributed by atoms with E-state index >= 15 is 0 Å². The lowest BCUT2D eigenvalue weighted by Crippen LogP contribution is -2.54. The zero-order valence-corrected chi connectivity index (χ0v) is 12.1. The molecule has 0 saturated carbocycles. The first kappa shape index (κ1) is 15.8. The van der Waals surface area contributed by atoms with Gasteiger partial charge in [0.15, 0.2) is 0 Å². The van der Waals surface area contributed by atoms with Crippen LogP contribution in [-0.4, -0.2) is 46.3 Å². The fourth-order valence-corrected chi connectivity index (χ4v) is 2.29. The Morgan fingerprint density at radius 3 is 2.42 bits per heavy atom. The number of aliphatic carboxylic acids is 1. The fourth-order valence-electron chi connectivity index (χ4n) is 2.29. The molecule has 0 aromatic rings. The molecule has 0 aromatic heterocycles. The fraction of sp³-hybridized carbons (Fsp3) is 0.846. The van der Waals surface area contributed by atoms with E-state index in [0.29, 0.717) is 25.9 Å². The third kappa shape index (κ3) is 3.59. The Morgan fingerprint density at radius 2 is 2.00 bits per heavy atom. The molecule has 0 aromatic carbocycles. The summed E-state index contributed by atoms with van der Waals surface area (Å²) in [6, 6.07) is 0. The average Bonchev–Trinajstić information content (AvgIpc) is 2.75. The van der Waals surface area contributed by atoms with Gasteiger partial charge in [-0.25, -0.2) is 4.79 Å². The summed E-state index contributed by atoms with van der Waals surface area (Å²) in [5.41, 5.74) is 4.14. The van der Waals surface area contributed by atoms with Crippen LogP contribution in [0.3, 0.4) is 0 Å². The van der Waals surface area contributed by atoms with Gasteiger partial charge in [-0.3, -0.25) is 4.79 Å². The van der Waals surface area contributed by atoms with Gasteiger partial charge in [0.25, 0.3) is 0 Å². The van der Waals surface area contributed by atoms with E-state index in [-0.39, 0.29) is 5.92 Å². The zero-order chi connectivity index (χ0) is 14.8. The highest BCUT2D eigenvalue weighted by Gasteiger charge is 2.45. The first-order chi connectivity index (χ1) is 8.60. The maximum Gasteiger partial charge on any atom is 0.410 e.